The minimum atomic E-state index is -0.538. The maximum absolute atomic E-state index is 13.0. The molecular formula is C13H19FN2O2. The molecule has 0 unspecified atom stereocenters. The van der Waals surface area contributed by atoms with Crippen LogP contribution in [0.25, 0.3) is 0 Å². The molecule has 0 aromatic heterocycles. The van der Waals surface area contributed by atoms with Gasteiger partial charge in [0.15, 0.2) is 0 Å². The number of amides is 1. The van der Waals surface area contributed by atoms with Crippen LogP contribution in [0.3, 0.4) is 0 Å². The molecule has 0 bridgehead atoms. The van der Waals surface area contributed by atoms with E-state index in [2.05, 4.69) is 10.6 Å². The van der Waals surface area contributed by atoms with E-state index in [1.807, 2.05) is 13.8 Å². The predicted molar refractivity (Wildman–Crippen MR) is 67.6 cm³/mol. The lowest BCUT2D eigenvalue weighted by Crippen LogP contribution is -2.41. The zero-order valence-electron chi connectivity index (χ0n) is 10.9. The standard InChI is InChI=1S/C13H19FN2O2/c1-13(2,12(18)15-3)8-16-7-9-4-10(14)6-11(17)5-9/h4-6,16-17H,7-8H2,1-3H3,(H,15,18). The maximum atomic E-state index is 13.0. The van der Waals surface area contributed by atoms with Crippen LogP contribution < -0.4 is 10.6 Å². The first-order valence-electron chi connectivity index (χ1n) is 5.76. The summed E-state index contributed by atoms with van der Waals surface area (Å²) in [5, 5.41) is 14.9. The molecule has 3 N–H and O–H groups in total. The highest BCUT2D eigenvalue weighted by Crippen LogP contribution is 2.16. The summed E-state index contributed by atoms with van der Waals surface area (Å²) in [7, 11) is 1.59. The van der Waals surface area contributed by atoms with Crippen molar-refractivity contribution in [1.29, 1.82) is 0 Å². The zero-order valence-corrected chi connectivity index (χ0v) is 10.9. The third kappa shape index (κ3) is 4.00. The number of aromatic hydroxyl groups is 1. The van der Waals surface area contributed by atoms with Crippen molar-refractivity contribution in [3.8, 4) is 5.75 Å². The van der Waals surface area contributed by atoms with Gasteiger partial charge in [0.2, 0.25) is 5.91 Å². The van der Waals surface area contributed by atoms with Gasteiger partial charge in [-0.3, -0.25) is 4.79 Å². The summed E-state index contributed by atoms with van der Waals surface area (Å²) in [6.45, 7) is 4.50. The summed E-state index contributed by atoms with van der Waals surface area (Å²) in [4.78, 5) is 11.5. The molecule has 0 spiro atoms. The Balaban J connectivity index is 2.53. The van der Waals surface area contributed by atoms with Crippen LogP contribution in [0.5, 0.6) is 5.75 Å². The summed E-state index contributed by atoms with van der Waals surface area (Å²) in [5.74, 6) is -0.633. The summed E-state index contributed by atoms with van der Waals surface area (Å²) in [6.07, 6.45) is 0. The number of hydrogen-bond acceptors (Lipinski definition) is 3. The minimum absolute atomic E-state index is 0.0583. The number of hydrogen-bond donors (Lipinski definition) is 3. The number of nitrogens with one attached hydrogen (secondary N) is 2. The summed E-state index contributed by atoms with van der Waals surface area (Å²) < 4.78 is 13.0. The second-order valence-electron chi connectivity index (χ2n) is 4.88. The van der Waals surface area contributed by atoms with Crippen molar-refractivity contribution in [3.05, 3.63) is 29.6 Å². The molecule has 18 heavy (non-hydrogen) atoms. The molecule has 0 radical (unpaired) electrons. The van der Waals surface area contributed by atoms with Gasteiger partial charge in [0.1, 0.15) is 11.6 Å². The molecule has 0 aliphatic heterocycles. The Kier molecular flexibility index (Phi) is 4.67. The summed E-state index contributed by atoms with van der Waals surface area (Å²) in [6, 6.07) is 3.89. The molecule has 1 rings (SSSR count). The third-order valence-electron chi connectivity index (χ3n) is 2.68. The van der Waals surface area contributed by atoms with Crippen molar-refractivity contribution < 1.29 is 14.3 Å². The van der Waals surface area contributed by atoms with Crippen molar-refractivity contribution in [2.45, 2.75) is 20.4 Å². The van der Waals surface area contributed by atoms with Crippen LogP contribution in [-0.2, 0) is 11.3 Å². The van der Waals surface area contributed by atoms with E-state index >= 15 is 0 Å². The van der Waals surface area contributed by atoms with Gasteiger partial charge >= 0.3 is 0 Å². The number of rotatable bonds is 5. The van der Waals surface area contributed by atoms with Gasteiger partial charge in [-0.25, -0.2) is 4.39 Å². The molecule has 0 fully saturated rings. The van der Waals surface area contributed by atoms with Gasteiger partial charge in [-0.05, 0) is 31.5 Å². The van der Waals surface area contributed by atoms with Crippen LogP contribution in [0.1, 0.15) is 19.4 Å². The second kappa shape index (κ2) is 5.82. The zero-order chi connectivity index (χ0) is 13.8. The van der Waals surface area contributed by atoms with E-state index < -0.39 is 11.2 Å². The fourth-order valence-corrected chi connectivity index (χ4v) is 1.67. The SMILES string of the molecule is CNC(=O)C(C)(C)CNCc1cc(O)cc(F)c1. The van der Waals surface area contributed by atoms with Crippen molar-refractivity contribution in [3.63, 3.8) is 0 Å². The van der Waals surface area contributed by atoms with Crippen molar-refractivity contribution in [2.24, 2.45) is 5.41 Å². The van der Waals surface area contributed by atoms with Crippen LogP contribution in [0.2, 0.25) is 0 Å². The molecule has 1 aromatic carbocycles. The quantitative estimate of drug-likeness (QED) is 0.744. The number of benzene rings is 1. The van der Waals surface area contributed by atoms with Gasteiger partial charge in [-0.2, -0.15) is 0 Å². The average molecular weight is 254 g/mol. The maximum Gasteiger partial charge on any atom is 0.226 e. The number of carbonyl (C=O) groups excluding carboxylic acids is 1. The highest BCUT2D eigenvalue weighted by Gasteiger charge is 2.25. The molecular weight excluding hydrogens is 235 g/mol. The van der Waals surface area contributed by atoms with Crippen LogP contribution in [0, 0.1) is 11.2 Å². The number of halogens is 1. The molecule has 0 saturated carbocycles. The fourth-order valence-electron chi connectivity index (χ4n) is 1.67. The largest absolute Gasteiger partial charge is 0.508 e. The van der Waals surface area contributed by atoms with E-state index in [9.17, 15) is 14.3 Å². The molecule has 0 aliphatic carbocycles. The Morgan fingerprint density at radius 2 is 2.06 bits per heavy atom. The number of phenolic OH excluding ortho intramolecular Hbond substituents is 1. The Labute approximate surface area is 106 Å². The van der Waals surface area contributed by atoms with Gasteiger partial charge in [0.25, 0.3) is 0 Å². The van der Waals surface area contributed by atoms with E-state index in [1.165, 1.54) is 12.1 Å². The highest BCUT2D eigenvalue weighted by atomic mass is 19.1. The molecule has 1 aromatic rings. The van der Waals surface area contributed by atoms with Crippen LogP contribution in [-0.4, -0.2) is 24.6 Å². The lowest BCUT2D eigenvalue weighted by Gasteiger charge is -2.22. The summed E-state index contributed by atoms with van der Waals surface area (Å²) in [5.41, 5.74) is 0.102. The van der Waals surface area contributed by atoms with E-state index in [0.717, 1.165) is 6.07 Å². The van der Waals surface area contributed by atoms with E-state index in [1.54, 1.807) is 7.05 Å². The van der Waals surface area contributed by atoms with E-state index in [0.29, 0.717) is 18.7 Å². The van der Waals surface area contributed by atoms with Crippen LogP contribution in [0.15, 0.2) is 18.2 Å². The number of phenols is 1. The first kappa shape index (κ1) is 14.4. The molecule has 0 atom stereocenters. The van der Waals surface area contributed by atoms with Gasteiger partial charge in [-0.1, -0.05) is 0 Å². The lowest BCUT2D eigenvalue weighted by atomic mass is 9.92. The first-order chi connectivity index (χ1) is 8.35. The number of carbonyl (C=O) groups is 1. The Morgan fingerprint density at radius 3 is 2.61 bits per heavy atom. The van der Waals surface area contributed by atoms with E-state index in [4.69, 9.17) is 0 Å². The molecule has 0 heterocycles. The van der Waals surface area contributed by atoms with Crippen molar-refractivity contribution in [2.75, 3.05) is 13.6 Å². The topological polar surface area (TPSA) is 61.4 Å². The predicted octanol–water partition coefficient (Wildman–Crippen LogP) is 1.39. The van der Waals surface area contributed by atoms with Crippen LogP contribution in [0.4, 0.5) is 4.39 Å². The highest BCUT2D eigenvalue weighted by molar-refractivity contribution is 5.81. The molecule has 5 heteroatoms. The van der Waals surface area contributed by atoms with Gasteiger partial charge in [-0.15, -0.1) is 0 Å². The third-order valence-corrected chi connectivity index (χ3v) is 2.68. The molecule has 0 aliphatic rings. The van der Waals surface area contributed by atoms with Crippen molar-refractivity contribution >= 4 is 5.91 Å². The van der Waals surface area contributed by atoms with Gasteiger partial charge in [0, 0.05) is 26.2 Å². The smallest absolute Gasteiger partial charge is 0.226 e. The fraction of sp³-hybridized carbons (Fsp3) is 0.462. The van der Waals surface area contributed by atoms with E-state index in [-0.39, 0.29) is 11.7 Å². The summed E-state index contributed by atoms with van der Waals surface area (Å²) >= 11 is 0. The Bertz CT molecular complexity index is 413. The first-order valence-corrected chi connectivity index (χ1v) is 5.76. The normalized spacial score (nSPS) is 11.3. The van der Waals surface area contributed by atoms with Gasteiger partial charge in [0.05, 0.1) is 5.41 Å². The monoisotopic (exact) mass is 254 g/mol. The molecule has 1 amide bonds. The minimum Gasteiger partial charge on any atom is -0.508 e. The van der Waals surface area contributed by atoms with Crippen LogP contribution >= 0.6 is 0 Å². The Morgan fingerprint density at radius 1 is 1.39 bits per heavy atom. The molecule has 4 nitrogen and oxygen atoms in total. The van der Waals surface area contributed by atoms with Gasteiger partial charge < -0.3 is 15.7 Å². The molecule has 0 saturated heterocycles. The second-order valence-corrected chi connectivity index (χ2v) is 4.88. The molecule has 100 valence electrons. The average Bonchev–Trinajstić information content (AvgIpc) is 2.26. The Hall–Kier alpha value is -1.62. The lowest BCUT2D eigenvalue weighted by molar-refractivity contribution is -0.128. The van der Waals surface area contributed by atoms with Crippen molar-refractivity contribution in [1.82, 2.24) is 10.6 Å².